The van der Waals surface area contributed by atoms with Gasteiger partial charge in [0, 0.05) is 31.8 Å². The van der Waals surface area contributed by atoms with Crippen molar-refractivity contribution in [2.45, 2.75) is 31.7 Å². The first-order valence-electron chi connectivity index (χ1n) is 8.68. The van der Waals surface area contributed by atoms with Crippen LogP contribution >= 0.6 is 0 Å². The third-order valence-corrected chi connectivity index (χ3v) is 4.54. The van der Waals surface area contributed by atoms with Gasteiger partial charge < -0.3 is 14.8 Å². The highest BCUT2D eigenvalue weighted by molar-refractivity contribution is 5.77. The number of nitrogens with zero attached hydrogens (tertiary/aromatic N) is 1. The van der Waals surface area contributed by atoms with E-state index in [-0.39, 0.29) is 5.91 Å². The molecule has 0 bridgehead atoms. The van der Waals surface area contributed by atoms with Crippen LogP contribution in [0.2, 0.25) is 0 Å². The summed E-state index contributed by atoms with van der Waals surface area (Å²) in [7, 11) is 1.63. The second-order valence-electron chi connectivity index (χ2n) is 6.22. The Morgan fingerprint density at radius 3 is 3.00 bits per heavy atom. The lowest BCUT2D eigenvalue weighted by Crippen LogP contribution is -2.24. The normalized spacial score (nSPS) is 15.6. The van der Waals surface area contributed by atoms with Crippen molar-refractivity contribution in [3.63, 3.8) is 0 Å². The maximum atomic E-state index is 12.4. The van der Waals surface area contributed by atoms with E-state index in [4.69, 9.17) is 9.47 Å². The minimum absolute atomic E-state index is 0.0633. The van der Waals surface area contributed by atoms with Gasteiger partial charge >= 0.3 is 0 Å². The second-order valence-corrected chi connectivity index (χ2v) is 6.22. The molecule has 0 saturated heterocycles. The number of pyridine rings is 1. The Hall–Kier alpha value is -2.40. The summed E-state index contributed by atoms with van der Waals surface area (Å²) in [6, 6.07) is 12.2. The fraction of sp³-hybridized carbons (Fsp3) is 0.400. The van der Waals surface area contributed by atoms with Gasteiger partial charge in [-0.2, -0.15) is 0 Å². The number of hydrogen-bond donors (Lipinski definition) is 1. The first-order valence-corrected chi connectivity index (χ1v) is 8.68. The molecule has 2 aromatic rings. The minimum Gasteiger partial charge on any atom is -0.475 e. The van der Waals surface area contributed by atoms with Crippen LogP contribution in [0.5, 0.6) is 5.88 Å². The number of fused-ring (bicyclic) bond motifs is 1. The number of aromatic nitrogens is 1. The summed E-state index contributed by atoms with van der Waals surface area (Å²) in [6.07, 6.45) is 4.32. The van der Waals surface area contributed by atoms with Gasteiger partial charge in [-0.15, -0.1) is 0 Å². The monoisotopic (exact) mass is 340 g/mol. The topological polar surface area (TPSA) is 60.5 Å². The zero-order valence-corrected chi connectivity index (χ0v) is 14.5. The van der Waals surface area contributed by atoms with E-state index in [1.54, 1.807) is 13.3 Å². The number of carbonyl (C=O) groups excluding carboxylic acids is 1. The molecule has 0 spiro atoms. The largest absolute Gasteiger partial charge is 0.475 e. The molecule has 1 amide bonds. The molecule has 1 N–H and O–H groups in total. The molecule has 3 rings (SSSR count). The molecule has 1 aliphatic carbocycles. The van der Waals surface area contributed by atoms with E-state index >= 15 is 0 Å². The smallest absolute Gasteiger partial charge is 0.220 e. The molecule has 1 heterocycles. The van der Waals surface area contributed by atoms with Crippen molar-refractivity contribution in [3.05, 3.63) is 59.3 Å². The molecule has 132 valence electrons. The standard InChI is InChI=1S/C20H24N2O3/c1-24-11-12-25-20-17(6-4-10-21-20)14-22-19(23)13-16-9-8-15-5-2-3-7-18(15)16/h2-7,10,16H,8-9,11-14H2,1H3,(H,22,23)/t16-/m1/s1. The van der Waals surface area contributed by atoms with Crippen LogP contribution in [0.15, 0.2) is 42.6 Å². The molecule has 5 nitrogen and oxygen atoms in total. The van der Waals surface area contributed by atoms with Crippen molar-refractivity contribution < 1.29 is 14.3 Å². The van der Waals surface area contributed by atoms with Gasteiger partial charge in [0.25, 0.3) is 0 Å². The Morgan fingerprint density at radius 2 is 2.12 bits per heavy atom. The Labute approximate surface area is 148 Å². The average molecular weight is 340 g/mol. The summed E-state index contributed by atoms with van der Waals surface area (Å²) < 4.78 is 10.6. The third kappa shape index (κ3) is 4.57. The van der Waals surface area contributed by atoms with Gasteiger partial charge in [0.2, 0.25) is 11.8 Å². The molecule has 0 unspecified atom stereocenters. The van der Waals surface area contributed by atoms with Crippen LogP contribution in [0.3, 0.4) is 0 Å². The predicted molar refractivity (Wildman–Crippen MR) is 95.6 cm³/mol. The van der Waals surface area contributed by atoms with Crippen molar-refractivity contribution >= 4 is 5.91 Å². The lowest BCUT2D eigenvalue weighted by molar-refractivity contribution is -0.121. The molecule has 1 aliphatic rings. The average Bonchev–Trinajstić information content (AvgIpc) is 3.04. The number of amides is 1. The van der Waals surface area contributed by atoms with E-state index in [9.17, 15) is 4.79 Å². The molecule has 0 aliphatic heterocycles. The van der Waals surface area contributed by atoms with Gasteiger partial charge in [-0.1, -0.05) is 30.3 Å². The van der Waals surface area contributed by atoms with E-state index in [1.165, 1.54) is 11.1 Å². The number of aryl methyl sites for hydroxylation is 1. The molecule has 0 saturated carbocycles. The van der Waals surface area contributed by atoms with Crippen LogP contribution in [0.1, 0.15) is 35.4 Å². The van der Waals surface area contributed by atoms with Crippen molar-refractivity contribution in [1.82, 2.24) is 10.3 Å². The Kier molecular flexibility index (Phi) is 6.01. The number of rotatable bonds is 8. The van der Waals surface area contributed by atoms with E-state index in [0.29, 0.717) is 38.0 Å². The summed E-state index contributed by atoms with van der Waals surface area (Å²) in [5.41, 5.74) is 3.57. The van der Waals surface area contributed by atoms with Gasteiger partial charge in [0.15, 0.2) is 0 Å². The predicted octanol–water partition coefficient (Wildman–Crippen LogP) is 2.84. The van der Waals surface area contributed by atoms with Gasteiger partial charge in [0.05, 0.1) is 6.61 Å². The highest BCUT2D eigenvalue weighted by Crippen LogP contribution is 2.35. The molecule has 1 aromatic carbocycles. The highest BCUT2D eigenvalue weighted by atomic mass is 16.5. The lowest BCUT2D eigenvalue weighted by atomic mass is 9.97. The van der Waals surface area contributed by atoms with Crippen molar-refractivity contribution in [2.24, 2.45) is 0 Å². The van der Waals surface area contributed by atoms with Crippen LogP contribution < -0.4 is 10.1 Å². The number of hydrogen-bond acceptors (Lipinski definition) is 4. The summed E-state index contributed by atoms with van der Waals surface area (Å²) in [5.74, 6) is 0.932. The molecule has 1 atom stereocenters. The number of nitrogens with one attached hydrogen (secondary N) is 1. The van der Waals surface area contributed by atoms with Gasteiger partial charge in [-0.25, -0.2) is 4.98 Å². The van der Waals surface area contributed by atoms with E-state index in [0.717, 1.165) is 18.4 Å². The SMILES string of the molecule is COCCOc1ncccc1CNC(=O)C[C@H]1CCc2ccccc21. The summed E-state index contributed by atoms with van der Waals surface area (Å²) in [5, 5.41) is 3.00. The Bertz CT molecular complexity index is 718. The maximum absolute atomic E-state index is 12.4. The number of ether oxygens (including phenoxy) is 2. The third-order valence-electron chi connectivity index (χ3n) is 4.54. The Balaban J connectivity index is 1.53. The number of carbonyl (C=O) groups is 1. The number of benzene rings is 1. The van der Waals surface area contributed by atoms with Crippen LogP contribution in [-0.4, -0.2) is 31.2 Å². The summed E-state index contributed by atoms with van der Waals surface area (Å²) in [4.78, 5) is 16.6. The van der Waals surface area contributed by atoms with Crippen LogP contribution in [-0.2, 0) is 22.5 Å². The van der Waals surface area contributed by atoms with Crippen LogP contribution in [0.4, 0.5) is 0 Å². The minimum atomic E-state index is 0.0633. The van der Waals surface area contributed by atoms with Crippen molar-refractivity contribution in [3.8, 4) is 5.88 Å². The molecular formula is C20H24N2O3. The van der Waals surface area contributed by atoms with Gasteiger partial charge in [-0.05, 0) is 36.0 Å². The zero-order valence-electron chi connectivity index (χ0n) is 14.5. The van der Waals surface area contributed by atoms with Gasteiger partial charge in [0.1, 0.15) is 6.61 Å². The first-order chi connectivity index (χ1) is 12.3. The van der Waals surface area contributed by atoms with Gasteiger partial charge in [-0.3, -0.25) is 4.79 Å². The van der Waals surface area contributed by atoms with Crippen LogP contribution in [0, 0.1) is 0 Å². The molecular weight excluding hydrogens is 316 g/mol. The molecule has 0 fully saturated rings. The highest BCUT2D eigenvalue weighted by Gasteiger charge is 2.24. The molecule has 25 heavy (non-hydrogen) atoms. The van der Waals surface area contributed by atoms with E-state index in [1.807, 2.05) is 18.2 Å². The summed E-state index contributed by atoms with van der Waals surface area (Å²) >= 11 is 0. The summed E-state index contributed by atoms with van der Waals surface area (Å²) in [6.45, 7) is 1.36. The zero-order chi connectivity index (χ0) is 17.5. The fourth-order valence-electron chi connectivity index (χ4n) is 3.26. The van der Waals surface area contributed by atoms with Crippen molar-refractivity contribution in [1.29, 1.82) is 0 Å². The molecule has 5 heteroatoms. The second kappa shape index (κ2) is 8.62. The van der Waals surface area contributed by atoms with Crippen LogP contribution in [0.25, 0.3) is 0 Å². The van der Waals surface area contributed by atoms with E-state index < -0.39 is 0 Å². The fourth-order valence-corrected chi connectivity index (χ4v) is 3.26. The lowest BCUT2D eigenvalue weighted by Gasteiger charge is -2.13. The maximum Gasteiger partial charge on any atom is 0.220 e. The first kappa shape index (κ1) is 17.4. The van der Waals surface area contributed by atoms with E-state index in [2.05, 4.69) is 28.5 Å². The molecule has 0 radical (unpaired) electrons. The number of methoxy groups -OCH3 is 1. The quantitative estimate of drug-likeness (QED) is 0.751. The molecule has 1 aromatic heterocycles. The Morgan fingerprint density at radius 1 is 1.24 bits per heavy atom. The van der Waals surface area contributed by atoms with Crippen molar-refractivity contribution in [2.75, 3.05) is 20.3 Å².